The van der Waals surface area contributed by atoms with Gasteiger partial charge < -0.3 is 4.74 Å². The van der Waals surface area contributed by atoms with Crippen LogP contribution in [0.5, 0.6) is 5.75 Å². The lowest BCUT2D eigenvalue weighted by Crippen LogP contribution is -2.38. The molecule has 0 aromatic heterocycles. The Morgan fingerprint density at radius 1 is 1.15 bits per heavy atom. The number of sulfone groups is 1. The molecule has 0 bridgehead atoms. The second-order valence-corrected chi connectivity index (χ2v) is 9.70. The van der Waals surface area contributed by atoms with Gasteiger partial charge in [0.1, 0.15) is 17.7 Å². The van der Waals surface area contributed by atoms with Crippen molar-refractivity contribution < 1.29 is 17.5 Å². The topological polar surface area (TPSA) is 46.6 Å². The van der Waals surface area contributed by atoms with Crippen LogP contribution in [0.4, 0.5) is 4.39 Å². The fraction of sp³-hybridized carbons (Fsp3) is 0.400. The molecule has 0 spiro atoms. The van der Waals surface area contributed by atoms with Gasteiger partial charge in [-0.15, -0.1) is 0 Å². The summed E-state index contributed by atoms with van der Waals surface area (Å²) in [5.74, 6) is 0.269. The minimum atomic E-state index is -3.26. The van der Waals surface area contributed by atoms with Crippen LogP contribution < -0.4 is 4.74 Å². The molecule has 2 aliphatic rings. The van der Waals surface area contributed by atoms with Gasteiger partial charge in [0.05, 0.1) is 10.9 Å². The Morgan fingerprint density at radius 3 is 2.44 bits per heavy atom. The van der Waals surface area contributed by atoms with E-state index >= 15 is 0 Å². The zero-order valence-corrected chi connectivity index (χ0v) is 16.6. The van der Waals surface area contributed by atoms with Gasteiger partial charge in [0.2, 0.25) is 0 Å². The molecule has 1 aliphatic carbocycles. The molecule has 1 aliphatic heterocycles. The van der Waals surface area contributed by atoms with Gasteiger partial charge >= 0.3 is 0 Å². The van der Waals surface area contributed by atoms with Crippen molar-refractivity contribution in [2.24, 2.45) is 0 Å². The van der Waals surface area contributed by atoms with E-state index in [0.29, 0.717) is 22.8 Å². The van der Waals surface area contributed by atoms with E-state index in [9.17, 15) is 12.8 Å². The fourth-order valence-corrected chi connectivity index (χ4v) is 4.91. The van der Waals surface area contributed by atoms with Crippen molar-refractivity contribution in [1.82, 2.24) is 4.90 Å². The highest BCUT2D eigenvalue weighted by Crippen LogP contribution is 2.41. The molecule has 0 radical (unpaired) electrons. The second-order valence-electron chi connectivity index (χ2n) is 7.25. The summed E-state index contributed by atoms with van der Waals surface area (Å²) in [6, 6.07) is 9.54. The molecule has 0 amide bonds. The summed E-state index contributed by atoms with van der Waals surface area (Å²) < 4.78 is 44.0. The molecule has 0 saturated carbocycles. The third-order valence-corrected chi connectivity index (χ3v) is 6.74. The number of ether oxygens (including phenoxy) is 1. The molecule has 27 heavy (non-hydrogen) atoms. The van der Waals surface area contributed by atoms with Crippen LogP contribution in [0.15, 0.2) is 41.3 Å². The first kappa shape index (κ1) is 18.7. The summed E-state index contributed by atoms with van der Waals surface area (Å²) in [5.41, 5.74) is 1.44. The Morgan fingerprint density at radius 2 is 1.81 bits per heavy atom. The predicted octanol–water partition coefficient (Wildman–Crippen LogP) is 4.02. The molecule has 4 nitrogen and oxygen atoms in total. The number of hydrogen-bond donors (Lipinski definition) is 0. The molecular formula is C20H21ClFNO3S. The minimum Gasteiger partial charge on any atom is -0.484 e. The predicted molar refractivity (Wildman–Crippen MR) is 103 cm³/mol. The molecule has 1 heterocycles. The average Bonchev–Trinajstić information content (AvgIpc) is 3.23. The summed E-state index contributed by atoms with van der Waals surface area (Å²) in [5, 5.41) is 0.356. The van der Waals surface area contributed by atoms with Gasteiger partial charge in [0.25, 0.3) is 0 Å². The Bertz CT molecular complexity index is 956. The SMILES string of the molecule is CS(=O)(=O)c1ccc(OC2c3cc(Cl)cc(F)c3CC2N2CCCC2)cc1. The van der Waals surface area contributed by atoms with Crippen LogP contribution in [0, 0.1) is 5.82 Å². The monoisotopic (exact) mass is 409 g/mol. The van der Waals surface area contributed by atoms with E-state index in [1.165, 1.54) is 24.5 Å². The third kappa shape index (κ3) is 3.71. The molecule has 2 aromatic carbocycles. The maximum atomic E-state index is 14.5. The Hall–Kier alpha value is -1.63. The zero-order chi connectivity index (χ0) is 19.2. The van der Waals surface area contributed by atoms with Gasteiger partial charge in [-0.2, -0.15) is 0 Å². The van der Waals surface area contributed by atoms with E-state index in [2.05, 4.69) is 4.90 Å². The van der Waals surface area contributed by atoms with E-state index in [1.807, 2.05) is 0 Å². The number of benzene rings is 2. The first-order chi connectivity index (χ1) is 12.8. The summed E-state index contributed by atoms with van der Waals surface area (Å²) in [6.07, 6.45) is 3.68. The average molecular weight is 410 g/mol. The molecule has 2 unspecified atom stereocenters. The minimum absolute atomic E-state index is 0.0463. The second kappa shape index (κ2) is 7.08. The fourth-order valence-electron chi connectivity index (χ4n) is 4.06. The largest absolute Gasteiger partial charge is 0.484 e. The van der Waals surface area contributed by atoms with Crippen LogP contribution in [0.25, 0.3) is 0 Å². The van der Waals surface area contributed by atoms with Crippen molar-refractivity contribution in [2.75, 3.05) is 19.3 Å². The van der Waals surface area contributed by atoms with Crippen molar-refractivity contribution in [2.45, 2.75) is 36.3 Å². The van der Waals surface area contributed by atoms with Crippen LogP contribution in [0.2, 0.25) is 5.02 Å². The molecule has 2 atom stereocenters. The molecule has 4 rings (SSSR count). The number of fused-ring (bicyclic) bond motifs is 1. The maximum absolute atomic E-state index is 14.5. The van der Waals surface area contributed by atoms with Crippen LogP contribution in [-0.2, 0) is 16.3 Å². The van der Waals surface area contributed by atoms with Gasteiger partial charge in [-0.05, 0) is 74.3 Å². The molecular weight excluding hydrogens is 389 g/mol. The summed E-state index contributed by atoms with van der Waals surface area (Å²) in [6.45, 7) is 1.95. The van der Waals surface area contributed by atoms with Crippen molar-refractivity contribution in [3.05, 3.63) is 58.4 Å². The molecule has 0 N–H and O–H groups in total. The zero-order valence-electron chi connectivity index (χ0n) is 15.0. The highest BCUT2D eigenvalue weighted by atomic mass is 35.5. The molecule has 1 saturated heterocycles. The van der Waals surface area contributed by atoms with Crippen LogP contribution in [0.1, 0.15) is 30.1 Å². The Labute approximate surface area is 163 Å². The molecule has 1 fully saturated rings. The summed E-state index contributed by atoms with van der Waals surface area (Å²) in [7, 11) is -3.26. The number of nitrogens with zero attached hydrogens (tertiary/aromatic N) is 1. The van der Waals surface area contributed by atoms with E-state index < -0.39 is 9.84 Å². The van der Waals surface area contributed by atoms with Crippen molar-refractivity contribution in [1.29, 1.82) is 0 Å². The van der Waals surface area contributed by atoms with Gasteiger partial charge in [-0.3, -0.25) is 4.90 Å². The van der Waals surface area contributed by atoms with Crippen LogP contribution in [0.3, 0.4) is 0 Å². The Balaban J connectivity index is 1.67. The molecule has 7 heteroatoms. The van der Waals surface area contributed by atoms with Crippen molar-refractivity contribution >= 4 is 21.4 Å². The van der Waals surface area contributed by atoms with E-state index in [4.69, 9.17) is 16.3 Å². The number of halogens is 2. The van der Waals surface area contributed by atoms with Gasteiger partial charge in [-0.25, -0.2) is 12.8 Å². The highest BCUT2D eigenvalue weighted by molar-refractivity contribution is 7.90. The lowest BCUT2D eigenvalue weighted by atomic mass is 10.1. The number of hydrogen-bond acceptors (Lipinski definition) is 4. The molecule has 2 aromatic rings. The summed E-state index contributed by atoms with van der Waals surface area (Å²) in [4.78, 5) is 2.59. The van der Waals surface area contributed by atoms with Gasteiger partial charge in [0, 0.05) is 16.8 Å². The van der Waals surface area contributed by atoms with Gasteiger partial charge in [-0.1, -0.05) is 11.6 Å². The quantitative estimate of drug-likeness (QED) is 0.765. The van der Waals surface area contributed by atoms with Crippen molar-refractivity contribution in [3.8, 4) is 5.75 Å². The van der Waals surface area contributed by atoms with E-state index in [-0.39, 0.29) is 22.9 Å². The third-order valence-electron chi connectivity index (χ3n) is 5.39. The first-order valence-electron chi connectivity index (χ1n) is 9.01. The highest BCUT2D eigenvalue weighted by Gasteiger charge is 2.40. The van der Waals surface area contributed by atoms with E-state index in [1.54, 1.807) is 18.2 Å². The van der Waals surface area contributed by atoms with Crippen LogP contribution >= 0.6 is 11.6 Å². The van der Waals surface area contributed by atoms with Crippen molar-refractivity contribution in [3.63, 3.8) is 0 Å². The lowest BCUT2D eigenvalue weighted by molar-refractivity contribution is 0.0940. The van der Waals surface area contributed by atoms with E-state index in [0.717, 1.165) is 31.5 Å². The Kier molecular flexibility index (Phi) is 4.91. The number of rotatable bonds is 4. The maximum Gasteiger partial charge on any atom is 0.175 e. The molecule has 144 valence electrons. The standard InChI is InChI=1S/C20H21ClFNO3S/c1-27(24,25)15-6-4-14(5-7-15)26-20-17-10-13(21)11-18(22)16(17)12-19(20)23-8-2-3-9-23/h4-7,10-11,19-20H,2-3,8-9,12H2,1H3. The normalized spacial score (nSPS) is 22.8. The lowest BCUT2D eigenvalue weighted by Gasteiger charge is -2.30. The summed E-state index contributed by atoms with van der Waals surface area (Å²) >= 11 is 6.10. The smallest absolute Gasteiger partial charge is 0.175 e. The number of likely N-dealkylation sites (tertiary alicyclic amines) is 1. The first-order valence-corrected chi connectivity index (χ1v) is 11.3. The van der Waals surface area contributed by atoms with Crippen LogP contribution in [-0.4, -0.2) is 38.7 Å². The van der Waals surface area contributed by atoms with Gasteiger partial charge in [0.15, 0.2) is 9.84 Å².